The number of likely N-dealkylation sites (tertiary alicyclic amines) is 1. The topological polar surface area (TPSA) is 109 Å². The summed E-state index contributed by atoms with van der Waals surface area (Å²) in [6.07, 6.45) is 5.79. The Bertz CT molecular complexity index is 753. The molecule has 178 valence electrons. The highest BCUT2D eigenvalue weighted by Gasteiger charge is 2.17. The van der Waals surface area contributed by atoms with E-state index in [4.69, 9.17) is 4.74 Å². The number of amides is 1. The average Bonchev–Trinajstić information content (AvgIpc) is 3.21. The van der Waals surface area contributed by atoms with Gasteiger partial charge in [-0.2, -0.15) is 0 Å². The smallest absolute Gasteiger partial charge is 0.269 e. The molecular formula is C22H34IN5O4. The molecule has 10 heteroatoms. The molecule has 0 aliphatic carbocycles. The van der Waals surface area contributed by atoms with Gasteiger partial charge in [0.25, 0.3) is 5.69 Å². The van der Waals surface area contributed by atoms with E-state index in [1.54, 1.807) is 12.1 Å². The van der Waals surface area contributed by atoms with Gasteiger partial charge in [-0.05, 0) is 31.2 Å². The van der Waals surface area contributed by atoms with Crippen LogP contribution < -0.4 is 10.6 Å². The molecule has 1 unspecified atom stereocenters. The van der Waals surface area contributed by atoms with E-state index in [9.17, 15) is 14.9 Å². The maximum absolute atomic E-state index is 12.1. The van der Waals surface area contributed by atoms with Crippen LogP contribution in [0.4, 0.5) is 5.69 Å². The second kappa shape index (κ2) is 14.2. The van der Waals surface area contributed by atoms with Crippen LogP contribution in [0.5, 0.6) is 0 Å². The largest absolute Gasteiger partial charge is 0.381 e. The predicted octanol–water partition coefficient (Wildman–Crippen LogP) is 3.08. The summed E-state index contributed by atoms with van der Waals surface area (Å²) in [5.41, 5.74) is 0.986. The molecule has 2 heterocycles. The fourth-order valence-corrected chi connectivity index (χ4v) is 3.80. The number of nitrogens with one attached hydrogen (secondary N) is 2. The number of guanidine groups is 1. The first-order chi connectivity index (χ1) is 15.1. The van der Waals surface area contributed by atoms with Crippen LogP contribution >= 0.6 is 24.0 Å². The van der Waals surface area contributed by atoms with Crippen LogP contribution in [0.3, 0.4) is 0 Å². The third kappa shape index (κ3) is 8.89. The van der Waals surface area contributed by atoms with Crippen molar-refractivity contribution in [2.45, 2.75) is 45.1 Å². The number of hydrogen-bond acceptors (Lipinski definition) is 5. The van der Waals surface area contributed by atoms with Crippen LogP contribution in [-0.2, 0) is 16.1 Å². The molecule has 0 radical (unpaired) electrons. The van der Waals surface area contributed by atoms with E-state index in [2.05, 4.69) is 15.6 Å². The van der Waals surface area contributed by atoms with Crippen molar-refractivity contribution in [1.29, 1.82) is 0 Å². The van der Waals surface area contributed by atoms with E-state index in [0.29, 0.717) is 24.8 Å². The second-order valence-corrected chi connectivity index (χ2v) is 8.17. The molecule has 9 nitrogen and oxygen atoms in total. The number of aliphatic imine (C=N–C) groups is 1. The molecule has 2 N–H and O–H groups in total. The molecule has 2 aliphatic heterocycles. The zero-order valence-corrected chi connectivity index (χ0v) is 20.8. The summed E-state index contributed by atoms with van der Waals surface area (Å²) >= 11 is 0. The molecule has 3 rings (SSSR count). The Morgan fingerprint density at radius 3 is 2.75 bits per heavy atom. The van der Waals surface area contributed by atoms with E-state index < -0.39 is 4.92 Å². The van der Waals surface area contributed by atoms with Gasteiger partial charge < -0.3 is 20.3 Å². The zero-order chi connectivity index (χ0) is 21.9. The summed E-state index contributed by atoms with van der Waals surface area (Å²) < 4.78 is 5.44. The highest BCUT2D eigenvalue weighted by atomic mass is 127. The van der Waals surface area contributed by atoms with Crippen LogP contribution in [0, 0.1) is 16.0 Å². The van der Waals surface area contributed by atoms with E-state index in [1.165, 1.54) is 12.1 Å². The molecule has 0 saturated carbocycles. The zero-order valence-electron chi connectivity index (χ0n) is 18.5. The fraction of sp³-hybridized carbons (Fsp3) is 0.636. The van der Waals surface area contributed by atoms with Crippen molar-refractivity contribution in [2.24, 2.45) is 10.9 Å². The summed E-state index contributed by atoms with van der Waals surface area (Å²) in [6.45, 7) is 5.13. The highest BCUT2D eigenvalue weighted by Crippen LogP contribution is 2.13. The minimum Gasteiger partial charge on any atom is -0.381 e. The molecule has 0 bridgehead atoms. The molecule has 2 aliphatic rings. The van der Waals surface area contributed by atoms with Crippen LogP contribution in [-0.4, -0.2) is 61.1 Å². The van der Waals surface area contributed by atoms with Gasteiger partial charge in [0.1, 0.15) is 0 Å². The summed E-state index contributed by atoms with van der Waals surface area (Å²) in [6, 6.07) is 6.46. The summed E-state index contributed by atoms with van der Waals surface area (Å²) in [5, 5.41) is 17.6. The van der Waals surface area contributed by atoms with Gasteiger partial charge in [-0.1, -0.05) is 18.6 Å². The summed E-state index contributed by atoms with van der Waals surface area (Å²) in [5.74, 6) is 1.46. The molecule has 0 spiro atoms. The molecule has 0 aromatic heterocycles. The number of nitro groups is 1. The molecule has 1 aromatic carbocycles. The standard InChI is InChI=1S/C22H33N5O4.HI/c28-21-5-2-1-3-12-26(21)13-4-11-23-22(25-16-19-10-14-31-17-19)24-15-18-6-8-20(9-7-18)27(29)30;/h6-9,19H,1-5,10-17H2,(H2,23,24,25);1H. The van der Waals surface area contributed by atoms with Gasteiger partial charge in [-0.25, -0.2) is 4.99 Å². The van der Waals surface area contributed by atoms with Gasteiger partial charge in [-0.3, -0.25) is 14.9 Å². The van der Waals surface area contributed by atoms with E-state index in [0.717, 1.165) is 77.1 Å². The van der Waals surface area contributed by atoms with Crippen LogP contribution in [0.2, 0.25) is 0 Å². The summed E-state index contributed by atoms with van der Waals surface area (Å²) in [7, 11) is 0. The normalized spacial score (nSPS) is 19.2. The van der Waals surface area contributed by atoms with Crippen molar-refractivity contribution in [3.8, 4) is 0 Å². The Morgan fingerprint density at radius 1 is 1.22 bits per heavy atom. The third-order valence-corrected chi connectivity index (χ3v) is 5.72. The monoisotopic (exact) mass is 559 g/mol. The quantitative estimate of drug-likeness (QED) is 0.120. The van der Waals surface area contributed by atoms with Crippen molar-refractivity contribution in [2.75, 3.05) is 39.4 Å². The SMILES string of the molecule is I.O=C1CCCCCN1CCCNC(=NCc1ccc([N+](=O)[O-])cc1)NCC1CCOC1. The Balaban J connectivity index is 0.00000363. The number of carbonyl (C=O) groups is 1. The highest BCUT2D eigenvalue weighted by molar-refractivity contribution is 14.0. The second-order valence-electron chi connectivity index (χ2n) is 8.17. The van der Waals surface area contributed by atoms with Crippen LogP contribution in [0.1, 0.15) is 44.1 Å². The molecule has 1 amide bonds. The first-order valence-corrected chi connectivity index (χ1v) is 11.2. The van der Waals surface area contributed by atoms with Gasteiger partial charge in [0, 0.05) is 57.3 Å². The Labute approximate surface area is 206 Å². The summed E-state index contributed by atoms with van der Waals surface area (Å²) in [4.78, 5) is 29.2. The number of hydrogen-bond donors (Lipinski definition) is 2. The third-order valence-electron chi connectivity index (χ3n) is 5.72. The van der Waals surface area contributed by atoms with Gasteiger partial charge in [0.05, 0.1) is 18.1 Å². The average molecular weight is 559 g/mol. The Morgan fingerprint density at radius 2 is 2.03 bits per heavy atom. The number of benzene rings is 1. The van der Waals surface area contributed by atoms with E-state index in [1.807, 2.05) is 4.90 Å². The van der Waals surface area contributed by atoms with Crippen molar-refractivity contribution in [1.82, 2.24) is 15.5 Å². The first kappa shape index (κ1) is 26.3. The van der Waals surface area contributed by atoms with Crippen molar-refractivity contribution in [3.05, 3.63) is 39.9 Å². The van der Waals surface area contributed by atoms with Crippen molar-refractivity contribution in [3.63, 3.8) is 0 Å². The van der Waals surface area contributed by atoms with Gasteiger partial charge in [0.2, 0.25) is 5.91 Å². The number of nitrogens with zero attached hydrogens (tertiary/aromatic N) is 3. The maximum atomic E-state index is 12.1. The maximum Gasteiger partial charge on any atom is 0.269 e. The van der Waals surface area contributed by atoms with Gasteiger partial charge in [-0.15, -0.1) is 24.0 Å². The number of non-ortho nitro benzene ring substituents is 1. The predicted molar refractivity (Wildman–Crippen MR) is 134 cm³/mol. The Kier molecular flexibility index (Phi) is 11.7. The van der Waals surface area contributed by atoms with Gasteiger partial charge in [0.15, 0.2) is 5.96 Å². The number of rotatable bonds is 9. The number of halogens is 1. The van der Waals surface area contributed by atoms with Gasteiger partial charge >= 0.3 is 0 Å². The minimum atomic E-state index is -0.402. The lowest BCUT2D eigenvalue weighted by Gasteiger charge is -2.21. The molecule has 32 heavy (non-hydrogen) atoms. The van der Waals surface area contributed by atoms with E-state index in [-0.39, 0.29) is 35.6 Å². The molecule has 2 saturated heterocycles. The van der Waals surface area contributed by atoms with Crippen molar-refractivity contribution < 1.29 is 14.5 Å². The van der Waals surface area contributed by atoms with Crippen LogP contribution in [0.25, 0.3) is 0 Å². The number of ether oxygens (including phenoxy) is 1. The minimum absolute atomic E-state index is 0. The molecule has 1 aromatic rings. The molecular weight excluding hydrogens is 525 g/mol. The molecule has 2 fully saturated rings. The van der Waals surface area contributed by atoms with Crippen molar-refractivity contribution >= 4 is 41.5 Å². The number of carbonyl (C=O) groups excluding carboxylic acids is 1. The van der Waals surface area contributed by atoms with Crippen LogP contribution in [0.15, 0.2) is 29.3 Å². The fourth-order valence-electron chi connectivity index (χ4n) is 3.80. The lowest BCUT2D eigenvalue weighted by atomic mass is 10.1. The Hall–Kier alpha value is -1.95. The first-order valence-electron chi connectivity index (χ1n) is 11.2. The lowest BCUT2D eigenvalue weighted by molar-refractivity contribution is -0.384. The lowest BCUT2D eigenvalue weighted by Crippen LogP contribution is -2.41. The van der Waals surface area contributed by atoms with E-state index >= 15 is 0 Å². The number of nitro benzene ring substituents is 1. The molecule has 1 atom stereocenters.